The van der Waals surface area contributed by atoms with Crippen LogP contribution in [0.4, 0.5) is 0 Å². The van der Waals surface area contributed by atoms with Crippen molar-refractivity contribution in [2.24, 2.45) is 0 Å². The van der Waals surface area contributed by atoms with Gasteiger partial charge in [-0.2, -0.15) is 10.5 Å². The van der Waals surface area contributed by atoms with E-state index in [1.807, 2.05) is 0 Å². The summed E-state index contributed by atoms with van der Waals surface area (Å²) in [5, 5.41) is 15.0. The molecule has 0 radical (unpaired) electrons. The number of nitrogens with zero attached hydrogens (tertiary/aromatic N) is 2. The van der Waals surface area contributed by atoms with Crippen molar-refractivity contribution < 1.29 is 16.5 Å². The Kier molecular flexibility index (Phi) is 49.8. The molecule has 0 N–H and O–H groups in total. The molecule has 0 aromatic heterocycles. The molecule has 0 rings (SSSR count). The second kappa shape index (κ2) is 30.8. The maximum absolute atomic E-state index is 7.49. The molecule has 0 saturated heterocycles. The first-order valence-electron chi connectivity index (χ1n) is 1.93. The summed E-state index contributed by atoms with van der Waals surface area (Å²) in [7, 11) is 9.75. The number of halogens is 4. The first-order chi connectivity index (χ1) is 5.24. The van der Waals surface area contributed by atoms with E-state index in [9.17, 15) is 0 Å². The van der Waals surface area contributed by atoms with Gasteiger partial charge in [-0.05, 0) is 0 Å². The molecule has 68 valence electrons. The zero-order chi connectivity index (χ0) is 9.54. The summed E-state index contributed by atoms with van der Waals surface area (Å²) in [6, 6.07) is 3.39. The molecular weight excluding hydrogens is 413 g/mol. The van der Waals surface area contributed by atoms with Gasteiger partial charge in [-0.3, -0.25) is 0 Å². The van der Waals surface area contributed by atoms with E-state index >= 15 is 0 Å². The standard InChI is InChI=1S/2C2H2ClN.2ClH.Pt/c2*3-1-2-4;;;/h2*1H2;2*1H;/q;;;;+2/p-2. The van der Waals surface area contributed by atoms with Crippen molar-refractivity contribution in [3.05, 3.63) is 0 Å². The Hall–Kier alpha value is 0.828. The fraction of sp³-hybridized carbons (Fsp3) is 0.500. The van der Waals surface area contributed by atoms with Gasteiger partial charge in [-0.1, -0.05) is 0 Å². The quantitative estimate of drug-likeness (QED) is 0.570. The van der Waals surface area contributed by atoms with E-state index in [2.05, 4.69) is 0 Å². The molecule has 0 saturated carbocycles. The van der Waals surface area contributed by atoms with Crippen molar-refractivity contribution in [1.82, 2.24) is 0 Å². The molecule has 0 aliphatic heterocycles. The summed E-state index contributed by atoms with van der Waals surface area (Å²) in [5.74, 6) is 0.194. The van der Waals surface area contributed by atoms with E-state index in [1.54, 1.807) is 12.1 Å². The Morgan fingerprint density at radius 3 is 1.09 bits per heavy atom. The number of alkyl halides is 2. The van der Waals surface area contributed by atoms with Crippen molar-refractivity contribution in [1.29, 1.82) is 10.5 Å². The number of hydrogen-bond donors (Lipinski definition) is 0. The van der Waals surface area contributed by atoms with Gasteiger partial charge in [0.25, 0.3) is 0 Å². The van der Waals surface area contributed by atoms with Gasteiger partial charge in [0.2, 0.25) is 0 Å². The predicted octanol–water partition coefficient (Wildman–Crippen LogP) is 2.87. The minimum absolute atomic E-state index is 0.0972. The predicted molar refractivity (Wildman–Crippen MR) is 44.4 cm³/mol. The summed E-state index contributed by atoms with van der Waals surface area (Å²) >= 11 is 9.18. The molecule has 7 heteroatoms. The monoisotopic (exact) mass is 415 g/mol. The van der Waals surface area contributed by atoms with Gasteiger partial charge in [0.05, 0.1) is 12.1 Å². The van der Waals surface area contributed by atoms with Crippen LogP contribution in [0.1, 0.15) is 0 Å². The van der Waals surface area contributed by atoms with Crippen LogP contribution in [0.3, 0.4) is 0 Å². The minimum atomic E-state index is -0.472. The van der Waals surface area contributed by atoms with Gasteiger partial charge >= 0.3 is 35.3 Å². The van der Waals surface area contributed by atoms with E-state index in [-0.39, 0.29) is 11.8 Å². The molecule has 2 nitrogen and oxygen atoms in total. The molecule has 0 aliphatic rings. The molecular formula is C4H4Cl4N2Pt. The third-order valence-corrected chi connectivity index (χ3v) is 0.359. The summed E-state index contributed by atoms with van der Waals surface area (Å²) in [5.41, 5.74) is 0. The Labute approximate surface area is 92.4 Å². The summed E-state index contributed by atoms with van der Waals surface area (Å²) in [4.78, 5) is 0. The third-order valence-electron chi connectivity index (χ3n) is 0.120. The first-order valence-corrected chi connectivity index (χ1v) is 8.63. The average molecular weight is 417 g/mol. The van der Waals surface area contributed by atoms with Gasteiger partial charge in [-0.15, -0.1) is 23.2 Å². The van der Waals surface area contributed by atoms with E-state index < -0.39 is 16.5 Å². The topological polar surface area (TPSA) is 47.6 Å². The van der Waals surface area contributed by atoms with Gasteiger partial charge in [-0.25, -0.2) is 0 Å². The zero-order valence-corrected chi connectivity index (χ0v) is 10.4. The molecule has 0 fully saturated rings. The second-order valence-electron chi connectivity index (χ2n) is 0.629. The second-order valence-corrected chi connectivity index (χ2v) is 4.45. The van der Waals surface area contributed by atoms with E-state index in [4.69, 9.17) is 52.6 Å². The van der Waals surface area contributed by atoms with Crippen molar-refractivity contribution >= 4 is 42.0 Å². The molecule has 0 spiro atoms. The number of rotatable bonds is 0. The molecule has 0 aliphatic carbocycles. The summed E-state index contributed by atoms with van der Waals surface area (Å²) in [6.45, 7) is 0. The first kappa shape index (κ1) is 17.8. The van der Waals surface area contributed by atoms with Crippen LogP contribution in [0.25, 0.3) is 0 Å². The van der Waals surface area contributed by atoms with Crippen LogP contribution in [0.5, 0.6) is 0 Å². The van der Waals surface area contributed by atoms with Gasteiger partial charge in [0, 0.05) is 0 Å². The molecule has 0 amide bonds. The van der Waals surface area contributed by atoms with E-state index in [1.165, 1.54) is 0 Å². The van der Waals surface area contributed by atoms with Crippen LogP contribution in [0.2, 0.25) is 0 Å². The Balaban J connectivity index is -0.0000000886. The molecule has 11 heavy (non-hydrogen) atoms. The van der Waals surface area contributed by atoms with Crippen LogP contribution >= 0.6 is 42.0 Å². The van der Waals surface area contributed by atoms with E-state index in [0.29, 0.717) is 0 Å². The van der Waals surface area contributed by atoms with E-state index in [0.717, 1.165) is 0 Å². The fourth-order valence-corrected chi connectivity index (χ4v) is 0. The van der Waals surface area contributed by atoms with Crippen LogP contribution in [0.15, 0.2) is 0 Å². The maximum atomic E-state index is 7.49. The van der Waals surface area contributed by atoms with Crippen LogP contribution in [-0.2, 0) is 16.5 Å². The Bertz CT molecular complexity index is 104. The van der Waals surface area contributed by atoms with Crippen molar-refractivity contribution in [2.45, 2.75) is 0 Å². The summed E-state index contributed by atoms with van der Waals surface area (Å²) < 4.78 is 0. The van der Waals surface area contributed by atoms with Crippen molar-refractivity contribution in [2.75, 3.05) is 11.8 Å². The third kappa shape index (κ3) is 106. The van der Waals surface area contributed by atoms with Gasteiger partial charge < -0.3 is 0 Å². The Morgan fingerprint density at radius 1 is 1.00 bits per heavy atom. The van der Waals surface area contributed by atoms with Crippen molar-refractivity contribution in [3.8, 4) is 12.1 Å². The van der Waals surface area contributed by atoms with Crippen molar-refractivity contribution in [3.63, 3.8) is 0 Å². The normalized spacial score (nSPS) is 5.64. The van der Waals surface area contributed by atoms with Gasteiger partial charge in [0.15, 0.2) is 0 Å². The fourth-order valence-electron chi connectivity index (χ4n) is 0. The van der Waals surface area contributed by atoms with Crippen LogP contribution < -0.4 is 0 Å². The summed E-state index contributed by atoms with van der Waals surface area (Å²) in [6.07, 6.45) is 0. The molecule has 0 aromatic carbocycles. The molecule has 0 aromatic rings. The molecule has 0 unspecified atom stereocenters. The average Bonchev–Trinajstić information content (AvgIpc) is 2.06. The number of hydrogen-bond acceptors (Lipinski definition) is 2. The van der Waals surface area contributed by atoms with Crippen LogP contribution in [-0.4, -0.2) is 11.8 Å². The molecule has 0 bridgehead atoms. The van der Waals surface area contributed by atoms with Gasteiger partial charge in [0.1, 0.15) is 11.8 Å². The SMILES string of the molecule is N#CCCl.N#CCCl.[Cl][Pt][Cl]. The molecule has 0 atom stereocenters. The molecule has 0 heterocycles. The zero-order valence-electron chi connectivity index (χ0n) is 5.14. The Morgan fingerprint density at radius 2 is 1.09 bits per heavy atom. The van der Waals surface area contributed by atoms with Crippen LogP contribution in [0, 0.1) is 22.7 Å². The number of nitriles is 2.